The van der Waals surface area contributed by atoms with Crippen molar-refractivity contribution in [3.8, 4) is 5.75 Å². The van der Waals surface area contributed by atoms with Gasteiger partial charge >= 0.3 is 0 Å². The maximum atomic E-state index is 5.88. The molecule has 1 aromatic carbocycles. The van der Waals surface area contributed by atoms with Crippen LogP contribution in [0.25, 0.3) is 0 Å². The Bertz CT molecular complexity index is 426. The monoisotopic (exact) mass is 277 g/mol. The number of hydrogen-bond donors (Lipinski definition) is 1. The number of nitrogens with zero attached hydrogens (tertiary/aromatic N) is 2. The molecule has 2 N–H and O–H groups in total. The summed E-state index contributed by atoms with van der Waals surface area (Å²) in [6.07, 6.45) is 0. The lowest BCUT2D eigenvalue weighted by molar-refractivity contribution is 0.117. The van der Waals surface area contributed by atoms with Crippen molar-refractivity contribution in [2.45, 2.75) is 20.4 Å². The Morgan fingerprint density at radius 2 is 1.80 bits per heavy atom. The highest BCUT2D eigenvalue weighted by molar-refractivity contribution is 5.47. The quantitative estimate of drug-likeness (QED) is 0.837. The van der Waals surface area contributed by atoms with Crippen LogP contribution in [0.4, 0.5) is 5.69 Å². The first kappa shape index (κ1) is 15.1. The Morgan fingerprint density at radius 1 is 1.15 bits per heavy atom. The van der Waals surface area contributed by atoms with Gasteiger partial charge in [0.25, 0.3) is 0 Å². The Morgan fingerprint density at radius 3 is 2.40 bits per heavy atom. The topological polar surface area (TPSA) is 41.7 Å². The number of benzene rings is 1. The number of piperazine rings is 1. The molecule has 0 saturated carbocycles. The van der Waals surface area contributed by atoms with Crippen LogP contribution < -0.4 is 10.5 Å². The third-order valence-corrected chi connectivity index (χ3v) is 3.79. The smallest absolute Gasteiger partial charge is 0.123 e. The number of ether oxygens (including phenoxy) is 1. The van der Waals surface area contributed by atoms with Gasteiger partial charge in [0.05, 0.1) is 7.11 Å². The molecular weight excluding hydrogens is 250 g/mol. The van der Waals surface area contributed by atoms with Crippen LogP contribution in [0.15, 0.2) is 18.2 Å². The first-order valence-corrected chi connectivity index (χ1v) is 7.45. The lowest BCUT2D eigenvalue weighted by Gasteiger charge is -2.35. The molecule has 1 aliphatic rings. The molecule has 1 fully saturated rings. The summed E-state index contributed by atoms with van der Waals surface area (Å²) in [5.74, 6) is 1.68. The molecule has 2 rings (SSSR count). The van der Waals surface area contributed by atoms with E-state index in [0.717, 1.165) is 50.1 Å². The highest BCUT2D eigenvalue weighted by atomic mass is 16.5. The third-order valence-electron chi connectivity index (χ3n) is 3.79. The second-order valence-corrected chi connectivity index (χ2v) is 6.04. The Hall–Kier alpha value is -1.26. The molecule has 1 saturated heterocycles. The van der Waals surface area contributed by atoms with Crippen molar-refractivity contribution >= 4 is 5.69 Å². The van der Waals surface area contributed by atoms with E-state index in [1.165, 1.54) is 12.1 Å². The first-order valence-electron chi connectivity index (χ1n) is 7.45. The van der Waals surface area contributed by atoms with Gasteiger partial charge in [-0.25, -0.2) is 0 Å². The van der Waals surface area contributed by atoms with E-state index in [1.807, 2.05) is 18.2 Å². The van der Waals surface area contributed by atoms with Gasteiger partial charge in [-0.3, -0.25) is 4.90 Å². The van der Waals surface area contributed by atoms with Gasteiger partial charge in [-0.15, -0.1) is 0 Å². The number of methoxy groups -OCH3 is 1. The van der Waals surface area contributed by atoms with E-state index in [2.05, 4.69) is 23.6 Å². The fourth-order valence-corrected chi connectivity index (χ4v) is 2.81. The van der Waals surface area contributed by atoms with E-state index < -0.39 is 0 Å². The molecule has 0 amide bonds. The zero-order valence-electron chi connectivity index (χ0n) is 12.9. The molecule has 20 heavy (non-hydrogen) atoms. The lowest BCUT2D eigenvalue weighted by atomic mass is 10.1. The van der Waals surface area contributed by atoms with Crippen molar-refractivity contribution in [3.05, 3.63) is 23.8 Å². The van der Waals surface area contributed by atoms with Crippen molar-refractivity contribution < 1.29 is 4.74 Å². The number of anilines is 1. The van der Waals surface area contributed by atoms with Gasteiger partial charge in [0.15, 0.2) is 0 Å². The van der Waals surface area contributed by atoms with Crippen LogP contribution in [0.3, 0.4) is 0 Å². The summed E-state index contributed by atoms with van der Waals surface area (Å²) < 4.78 is 5.42. The molecule has 0 radical (unpaired) electrons. The Balaban J connectivity index is 1.91. The second-order valence-electron chi connectivity index (χ2n) is 6.04. The lowest BCUT2D eigenvalue weighted by Crippen LogP contribution is -2.46. The number of nitrogens with two attached hydrogens (primary N) is 1. The summed E-state index contributed by atoms with van der Waals surface area (Å²) in [5, 5.41) is 0. The molecule has 0 spiro atoms. The van der Waals surface area contributed by atoms with Crippen molar-refractivity contribution in [2.75, 3.05) is 45.6 Å². The highest BCUT2D eigenvalue weighted by Crippen LogP contribution is 2.23. The number of rotatable bonds is 5. The molecule has 0 bridgehead atoms. The molecular formula is C16H27N3O. The fourth-order valence-electron chi connectivity index (χ4n) is 2.81. The molecule has 1 heterocycles. The van der Waals surface area contributed by atoms with Crippen LogP contribution in [0, 0.1) is 5.92 Å². The van der Waals surface area contributed by atoms with Crippen LogP contribution in [0.1, 0.15) is 19.4 Å². The number of hydrogen-bond acceptors (Lipinski definition) is 4. The fraction of sp³-hybridized carbons (Fsp3) is 0.625. The van der Waals surface area contributed by atoms with Crippen LogP contribution in [0.5, 0.6) is 5.75 Å². The molecule has 0 aliphatic carbocycles. The van der Waals surface area contributed by atoms with Crippen molar-refractivity contribution in [1.82, 2.24) is 9.80 Å². The van der Waals surface area contributed by atoms with E-state index in [0.29, 0.717) is 0 Å². The molecule has 1 aromatic rings. The SMILES string of the molecule is COc1ccc(N)cc1CN1CCN(CC(C)C)CC1. The van der Waals surface area contributed by atoms with E-state index in [-0.39, 0.29) is 0 Å². The van der Waals surface area contributed by atoms with Gasteiger partial charge in [0, 0.05) is 50.5 Å². The molecule has 1 aliphatic heterocycles. The van der Waals surface area contributed by atoms with E-state index in [4.69, 9.17) is 10.5 Å². The van der Waals surface area contributed by atoms with Crippen LogP contribution in [-0.4, -0.2) is 49.6 Å². The van der Waals surface area contributed by atoms with Crippen LogP contribution >= 0.6 is 0 Å². The summed E-state index contributed by atoms with van der Waals surface area (Å²) in [7, 11) is 1.72. The van der Waals surface area contributed by atoms with Crippen LogP contribution in [-0.2, 0) is 6.54 Å². The summed E-state index contributed by atoms with van der Waals surface area (Å²) in [4.78, 5) is 5.03. The zero-order valence-corrected chi connectivity index (χ0v) is 12.9. The molecule has 112 valence electrons. The minimum atomic E-state index is 0.746. The molecule has 4 nitrogen and oxygen atoms in total. The predicted octanol–water partition coefficient (Wildman–Crippen LogP) is 2.05. The summed E-state index contributed by atoms with van der Waals surface area (Å²) >= 11 is 0. The summed E-state index contributed by atoms with van der Waals surface area (Å²) in [6, 6.07) is 5.88. The molecule has 0 unspecified atom stereocenters. The van der Waals surface area contributed by atoms with Gasteiger partial charge < -0.3 is 15.4 Å². The average molecular weight is 277 g/mol. The zero-order chi connectivity index (χ0) is 14.5. The Labute approximate surface area is 122 Å². The largest absolute Gasteiger partial charge is 0.496 e. The van der Waals surface area contributed by atoms with Crippen molar-refractivity contribution in [1.29, 1.82) is 0 Å². The molecule has 0 atom stereocenters. The minimum Gasteiger partial charge on any atom is -0.496 e. The number of nitrogen functional groups attached to an aromatic ring is 1. The van der Waals surface area contributed by atoms with E-state index >= 15 is 0 Å². The molecule has 0 aromatic heterocycles. The maximum absolute atomic E-state index is 5.88. The summed E-state index contributed by atoms with van der Waals surface area (Å²) in [5.41, 5.74) is 7.87. The standard InChI is InChI=1S/C16H27N3O/c1-13(2)11-18-6-8-19(9-7-18)12-14-10-15(17)4-5-16(14)20-3/h4-5,10,13H,6-9,11-12,17H2,1-3H3. The van der Waals surface area contributed by atoms with E-state index in [1.54, 1.807) is 7.11 Å². The predicted molar refractivity (Wildman–Crippen MR) is 84.0 cm³/mol. The summed E-state index contributed by atoms with van der Waals surface area (Å²) in [6.45, 7) is 11.2. The van der Waals surface area contributed by atoms with Gasteiger partial charge in [-0.1, -0.05) is 13.8 Å². The maximum Gasteiger partial charge on any atom is 0.123 e. The van der Waals surface area contributed by atoms with Crippen molar-refractivity contribution in [3.63, 3.8) is 0 Å². The molecule has 4 heteroatoms. The van der Waals surface area contributed by atoms with E-state index in [9.17, 15) is 0 Å². The third kappa shape index (κ3) is 4.12. The Kier molecular flexibility index (Phi) is 5.26. The van der Waals surface area contributed by atoms with Gasteiger partial charge in [-0.2, -0.15) is 0 Å². The minimum absolute atomic E-state index is 0.746. The van der Waals surface area contributed by atoms with Gasteiger partial charge in [-0.05, 0) is 24.1 Å². The van der Waals surface area contributed by atoms with Crippen LogP contribution in [0.2, 0.25) is 0 Å². The highest BCUT2D eigenvalue weighted by Gasteiger charge is 2.18. The normalized spacial score (nSPS) is 17.6. The first-order chi connectivity index (χ1) is 9.58. The second kappa shape index (κ2) is 6.95. The van der Waals surface area contributed by atoms with Gasteiger partial charge in [0.2, 0.25) is 0 Å². The van der Waals surface area contributed by atoms with Gasteiger partial charge in [0.1, 0.15) is 5.75 Å². The van der Waals surface area contributed by atoms with Crippen molar-refractivity contribution in [2.24, 2.45) is 5.92 Å². The average Bonchev–Trinajstić information content (AvgIpc) is 2.41.